The summed E-state index contributed by atoms with van der Waals surface area (Å²) < 4.78 is 16.3. The van der Waals surface area contributed by atoms with Gasteiger partial charge >= 0.3 is 0 Å². The molecule has 0 fully saturated rings. The molecule has 0 bridgehead atoms. The van der Waals surface area contributed by atoms with Crippen molar-refractivity contribution in [2.24, 2.45) is 11.8 Å². The number of halogens is 1. The standard InChI is InChI=1S/C23H30FN5O2/c1-15(2)13-27(14-16(3)4)21(30)10-11-28-17(5)26-22-20(23(28)31)12-25-29(22)19-8-6-18(24)7-9-19/h6-9,12,15-16H,10-11,13-14H2,1-5H3. The van der Waals surface area contributed by atoms with E-state index in [1.165, 1.54) is 27.6 Å². The molecule has 0 spiro atoms. The lowest BCUT2D eigenvalue weighted by Gasteiger charge is -2.26. The Morgan fingerprint density at radius 1 is 1.10 bits per heavy atom. The third kappa shape index (κ3) is 5.18. The van der Waals surface area contributed by atoms with E-state index in [2.05, 4.69) is 37.8 Å². The molecule has 2 heterocycles. The molecule has 3 rings (SSSR count). The minimum atomic E-state index is -0.347. The second-order valence-electron chi connectivity index (χ2n) is 8.72. The van der Waals surface area contributed by atoms with E-state index in [9.17, 15) is 14.0 Å². The van der Waals surface area contributed by atoms with E-state index in [0.29, 0.717) is 47.5 Å². The van der Waals surface area contributed by atoms with Crippen molar-refractivity contribution >= 4 is 16.9 Å². The Labute approximate surface area is 181 Å². The SMILES string of the molecule is Cc1nc2c(cnn2-c2ccc(F)cc2)c(=O)n1CCC(=O)N(CC(C)C)CC(C)C. The van der Waals surface area contributed by atoms with E-state index < -0.39 is 0 Å². The van der Waals surface area contributed by atoms with Crippen LogP contribution in [-0.4, -0.2) is 43.2 Å². The lowest BCUT2D eigenvalue weighted by molar-refractivity contribution is -0.132. The number of nitrogens with zero attached hydrogens (tertiary/aromatic N) is 5. The molecule has 7 nitrogen and oxygen atoms in total. The van der Waals surface area contributed by atoms with Crippen LogP contribution in [0.2, 0.25) is 0 Å². The van der Waals surface area contributed by atoms with Gasteiger partial charge in [0.2, 0.25) is 5.91 Å². The average Bonchev–Trinajstić information content (AvgIpc) is 3.11. The quantitative estimate of drug-likeness (QED) is 0.551. The first-order valence-corrected chi connectivity index (χ1v) is 10.7. The third-order valence-electron chi connectivity index (χ3n) is 5.02. The predicted octanol–water partition coefficient (Wildman–Crippen LogP) is 3.56. The maximum Gasteiger partial charge on any atom is 0.264 e. The van der Waals surface area contributed by atoms with Gasteiger partial charge in [-0.3, -0.25) is 14.2 Å². The van der Waals surface area contributed by atoms with Gasteiger partial charge in [0.15, 0.2) is 5.65 Å². The van der Waals surface area contributed by atoms with E-state index in [-0.39, 0.29) is 30.2 Å². The van der Waals surface area contributed by atoms with Gasteiger partial charge < -0.3 is 4.90 Å². The fourth-order valence-electron chi connectivity index (χ4n) is 3.67. The van der Waals surface area contributed by atoms with Crippen LogP contribution < -0.4 is 5.56 Å². The molecule has 166 valence electrons. The first-order valence-electron chi connectivity index (χ1n) is 10.7. The summed E-state index contributed by atoms with van der Waals surface area (Å²) >= 11 is 0. The van der Waals surface area contributed by atoms with Gasteiger partial charge in [-0.2, -0.15) is 5.10 Å². The zero-order valence-electron chi connectivity index (χ0n) is 18.8. The summed E-state index contributed by atoms with van der Waals surface area (Å²) in [6.45, 7) is 11.8. The maximum atomic E-state index is 13.2. The van der Waals surface area contributed by atoms with Gasteiger partial charge in [-0.05, 0) is 43.0 Å². The minimum Gasteiger partial charge on any atom is -0.342 e. The number of fused-ring (bicyclic) bond motifs is 1. The van der Waals surface area contributed by atoms with E-state index in [1.54, 1.807) is 19.1 Å². The summed E-state index contributed by atoms with van der Waals surface area (Å²) in [5.74, 6) is 0.953. The van der Waals surface area contributed by atoms with Crippen molar-refractivity contribution in [3.8, 4) is 5.69 Å². The zero-order chi connectivity index (χ0) is 22.7. The number of rotatable bonds is 8. The number of benzene rings is 1. The van der Waals surface area contributed by atoms with Crippen LogP contribution in [-0.2, 0) is 11.3 Å². The summed E-state index contributed by atoms with van der Waals surface area (Å²) in [6.07, 6.45) is 1.70. The van der Waals surface area contributed by atoms with Gasteiger partial charge in [0.05, 0.1) is 11.9 Å². The second-order valence-corrected chi connectivity index (χ2v) is 8.72. The minimum absolute atomic E-state index is 0.0378. The monoisotopic (exact) mass is 427 g/mol. The van der Waals surface area contributed by atoms with Crippen LogP contribution in [0.1, 0.15) is 39.9 Å². The van der Waals surface area contributed by atoms with Crippen molar-refractivity contribution in [1.82, 2.24) is 24.2 Å². The van der Waals surface area contributed by atoms with Crippen molar-refractivity contribution < 1.29 is 9.18 Å². The van der Waals surface area contributed by atoms with Crippen LogP contribution >= 0.6 is 0 Å². The van der Waals surface area contributed by atoms with Crippen molar-refractivity contribution in [3.63, 3.8) is 0 Å². The predicted molar refractivity (Wildman–Crippen MR) is 119 cm³/mol. The molecule has 0 aliphatic rings. The lowest BCUT2D eigenvalue weighted by atomic mass is 10.1. The Bertz CT molecular complexity index is 1110. The smallest absolute Gasteiger partial charge is 0.264 e. The largest absolute Gasteiger partial charge is 0.342 e. The Kier molecular flexibility index (Phi) is 6.87. The van der Waals surface area contributed by atoms with Gasteiger partial charge in [0, 0.05) is 26.1 Å². The summed E-state index contributed by atoms with van der Waals surface area (Å²) in [5.41, 5.74) is 0.800. The van der Waals surface area contributed by atoms with Gasteiger partial charge in [-0.25, -0.2) is 14.1 Å². The number of hydrogen-bond donors (Lipinski definition) is 0. The van der Waals surface area contributed by atoms with Crippen molar-refractivity contribution in [2.75, 3.05) is 13.1 Å². The fraction of sp³-hybridized carbons (Fsp3) is 0.478. The number of carbonyl (C=O) groups is 1. The normalized spacial score (nSPS) is 11.6. The van der Waals surface area contributed by atoms with Gasteiger partial charge in [-0.15, -0.1) is 0 Å². The Morgan fingerprint density at radius 2 is 1.71 bits per heavy atom. The van der Waals surface area contributed by atoms with E-state index in [0.717, 1.165) is 0 Å². The molecule has 0 radical (unpaired) electrons. The van der Waals surface area contributed by atoms with Gasteiger partial charge in [0.1, 0.15) is 17.0 Å². The van der Waals surface area contributed by atoms with E-state index in [4.69, 9.17) is 0 Å². The van der Waals surface area contributed by atoms with Crippen LogP contribution in [0.25, 0.3) is 16.7 Å². The Morgan fingerprint density at radius 3 is 2.29 bits per heavy atom. The molecule has 0 unspecified atom stereocenters. The summed E-state index contributed by atoms with van der Waals surface area (Å²) in [4.78, 5) is 32.3. The molecule has 0 aliphatic heterocycles. The van der Waals surface area contributed by atoms with Crippen molar-refractivity contribution in [1.29, 1.82) is 0 Å². The molecule has 3 aromatic rings. The molecular weight excluding hydrogens is 397 g/mol. The molecule has 1 aromatic carbocycles. The molecule has 2 aromatic heterocycles. The van der Waals surface area contributed by atoms with Crippen LogP contribution in [0, 0.1) is 24.6 Å². The molecule has 8 heteroatoms. The lowest BCUT2D eigenvalue weighted by Crippen LogP contribution is -2.38. The van der Waals surface area contributed by atoms with Crippen LogP contribution in [0.3, 0.4) is 0 Å². The Hall–Kier alpha value is -3.03. The topological polar surface area (TPSA) is 73.0 Å². The molecule has 0 saturated heterocycles. The molecule has 1 amide bonds. The zero-order valence-corrected chi connectivity index (χ0v) is 18.8. The number of amides is 1. The van der Waals surface area contributed by atoms with E-state index in [1.807, 2.05) is 4.90 Å². The molecule has 0 aliphatic carbocycles. The summed E-state index contributed by atoms with van der Waals surface area (Å²) in [7, 11) is 0. The number of aryl methyl sites for hydroxylation is 1. The number of hydrogen-bond acceptors (Lipinski definition) is 4. The third-order valence-corrected chi connectivity index (χ3v) is 5.02. The maximum absolute atomic E-state index is 13.2. The second kappa shape index (κ2) is 9.41. The van der Waals surface area contributed by atoms with Crippen molar-refractivity contribution in [2.45, 2.75) is 47.6 Å². The Balaban J connectivity index is 1.85. The highest BCUT2D eigenvalue weighted by Crippen LogP contribution is 2.15. The summed E-state index contributed by atoms with van der Waals surface area (Å²) in [6, 6.07) is 5.84. The molecular formula is C23H30FN5O2. The molecule has 31 heavy (non-hydrogen) atoms. The molecule has 0 saturated carbocycles. The summed E-state index contributed by atoms with van der Waals surface area (Å²) in [5, 5.41) is 4.63. The number of aromatic nitrogens is 4. The molecule has 0 atom stereocenters. The van der Waals surface area contributed by atoms with Crippen LogP contribution in [0.5, 0.6) is 0 Å². The molecule has 0 N–H and O–H groups in total. The first-order chi connectivity index (χ1) is 14.7. The highest BCUT2D eigenvalue weighted by atomic mass is 19.1. The highest BCUT2D eigenvalue weighted by Gasteiger charge is 2.19. The highest BCUT2D eigenvalue weighted by molar-refractivity contribution is 5.77. The fourth-order valence-corrected chi connectivity index (χ4v) is 3.67. The first kappa shape index (κ1) is 22.7. The van der Waals surface area contributed by atoms with Crippen LogP contribution in [0.4, 0.5) is 4.39 Å². The van der Waals surface area contributed by atoms with E-state index >= 15 is 0 Å². The van der Waals surface area contributed by atoms with Gasteiger partial charge in [0.25, 0.3) is 5.56 Å². The van der Waals surface area contributed by atoms with Crippen LogP contribution in [0.15, 0.2) is 35.3 Å². The van der Waals surface area contributed by atoms with Gasteiger partial charge in [-0.1, -0.05) is 27.7 Å². The average molecular weight is 428 g/mol. The number of carbonyl (C=O) groups excluding carboxylic acids is 1. The van der Waals surface area contributed by atoms with Crippen molar-refractivity contribution in [3.05, 3.63) is 52.5 Å².